The molecular formula is C9H12N2O2. The summed E-state index contributed by atoms with van der Waals surface area (Å²) >= 11 is 0. The lowest BCUT2D eigenvalue weighted by atomic mass is 10.4. The predicted molar refractivity (Wildman–Crippen MR) is 47.7 cm³/mol. The number of likely N-dealkylation sites (tertiary alicyclic amines) is 1. The monoisotopic (exact) mass is 180 g/mol. The minimum absolute atomic E-state index is 0.0169. The first kappa shape index (κ1) is 9.59. The van der Waals surface area contributed by atoms with E-state index >= 15 is 0 Å². The fourth-order valence-electron chi connectivity index (χ4n) is 1.29. The molecule has 2 amide bonds. The fourth-order valence-corrected chi connectivity index (χ4v) is 1.29. The van der Waals surface area contributed by atoms with Crippen LogP contribution in [0.1, 0.15) is 12.8 Å². The molecule has 0 spiro atoms. The van der Waals surface area contributed by atoms with Crippen LogP contribution >= 0.6 is 0 Å². The molecule has 0 aliphatic carbocycles. The van der Waals surface area contributed by atoms with Crippen LogP contribution in [0.3, 0.4) is 0 Å². The molecule has 13 heavy (non-hydrogen) atoms. The summed E-state index contributed by atoms with van der Waals surface area (Å²) in [6.07, 6.45) is 6.93. The smallest absolute Gasteiger partial charge is 0.296 e. The van der Waals surface area contributed by atoms with Gasteiger partial charge in [0.25, 0.3) is 5.91 Å². The number of amides is 2. The van der Waals surface area contributed by atoms with Crippen molar-refractivity contribution in [1.82, 2.24) is 10.2 Å². The van der Waals surface area contributed by atoms with Crippen molar-refractivity contribution in [2.75, 3.05) is 19.6 Å². The third-order valence-corrected chi connectivity index (χ3v) is 1.99. The number of carbonyl (C=O) groups is 2. The van der Waals surface area contributed by atoms with E-state index in [1.54, 1.807) is 4.90 Å². The van der Waals surface area contributed by atoms with Crippen molar-refractivity contribution in [3.8, 4) is 12.3 Å². The van der Waals surface area contributed by atoms with Gasteiger partial charge in [0.15, 0.2) is 0 Å². The van der Waals surface area contributed by atoms with Gasteiger partial charge in [0.05, 0.1) is 6.54 Å². The third-order valence-electron chi connectivity index (χ3n) is 1.99. The van der Waals surface area contributed by atoms with Crippen LogP contribution in [0.2, 0.25) is 0 Å². The number of nitrogens with one attached hydrogen (secondary N) is 1. The van der Waals surface area contributed by atoms with Gasteiger partial charge in [-0.1, -0.05) is 0 Å². The molecule has 0 bridgehead atoms. The molecule has 0 aromatic rings. The van der Waals surface area contributed by atoms with Gasteiger partial charge in [-0.25, -0.2) is 0 Å². The summed E-state index contributed by atoms with van der Waals surface area (Å²) in [5, 5.41) is 2.34. The highest BCUT2D eigenvalue weighted by Gasteiger charge is 2.17. The molecule has 0 radical (unpaired) electrons. The van der Waals surface area contributed by atoms with Crippen LogP contribution in [0.5, 0.6) is 0 Å². The highest BCUT2D eigenvalue weighted by molar-refractivity contribution is 5.95. The Bertz CT molecular complexity index is 249. The number of terminal acetylenes is 1. The van der Waals surface area contributed by atoms with Gasteiger partial charge in [0, 0.05) is 13.1 Å². The molecule has 0 atom stereocenters. The minimum Gasteiger partial charge on any atom is -0.341 e. The van der Waals surface area contributed by atoms with Gasteiger partial charge in [-0.3, -0.25) is 9.59 Å². The maximum absolute atomic E-state index is 11.3. The van der Waals surface area contributed by atoms with Gasteiger partial charge in [0.1, 0.15) is 0 Å². The summed E-state index contributed by atoms with van der Waals surface area (Å²) in [6.45, 7) is 1.61. The Labute approximate surface area is 77.3 Å². The molecule has 1 heterocycles. The van der Waals surface area contributed by atoms with Crippen molar-refractivity contribution < 1.29 is 9.59 Å². The molecule has 4 nitrogen and oxygen atoms in total. The molecule has 0 aromatic carbocycles. The van der Waals surface area contributed by atoms with Gasteiger partial charge in [-0.05, 0) is 18.8 Å². The van der Waals surface area contributed by atoms with Gasteiger partial charge < -0.3 is 10.2 Å². The zero-order chi connectivity index (χ0) is 9.68. The summed E-state index contributed by atoms with van der Waals surface area (Å²) in [5.74, 6) is 1.30. The molecule has 0 saturated carbocycles. The van der Waals surface area contributed by atoms with E-state index in [1.165, 1.54) is 0 Å². The Morgan fingerprint density at radius 2 is 2.00 bits per heavy atom. The summed E-state index contributed by atoms with van der Waals surface area (Å²) < 4.78 is 0. The van der Waals surface area contributed by atoms with Crippen LogP contribution < -0.4 is 5.32 Å². The minimum atomic E-state index is -0.535. The number of hydrogen-bond acceptors (Lipinski definition) is 2. The molecule has 1 N–H and O–H groups in total. The lowest BCUT2D eigenvalue weighted by molar-refractivity contribution is -0.130. The second-order valence-electron chi connectivity index (χ2n) is 2.91. The SMILES string of the molecule is C#CC(=O)NCC(=O)N1CCCC1. The molecule has 0 aromatic heterocycles. The standard InChI is InChI=1S/C9H12N2O2/c1-2-8(12)10-7-9(13)11-5-3-4-6-11/h1H,3-7H2,(H,10,12). The molecule has 70 valence electrons. The maximum atomic E-state index is 11.3. The molecule has 1 saturated heterocycles. The first-order valence-corrected chi connectivity index (χ1v) is 4.26. The number of carbonyl (C=O) groups excluding carboxylic acids is 2. The predicted octanol–water partition coefficient (Wildman–Crippen LogP) is -0.642. The summed E-state index contributed by atoms with van der Waals surface area (Å²) in [6, 6.07) is 0. The van der Waals surface area contributed by atoms with E-state index in [9.17, 15) is 9.59 Å². The Balaban J connectivity index is 2.25. The van der Waals surface area contributed by atoms with Crippen molar-refractivity contribution >= 4 is 11.8 Å². The summed E-state index contributed by atoms with van der Waals surface area (Å²) in [5.41, 5.74) is 0. The largest absolute Gasteiger partial charge is 0.341 e. The van der Waals surface area contributed by atoms with Crippen LogP contribution in [0, 0.1) is 12.3 Å². The molecule has 4 heteroatoms. The average Bonchev–Trinajstić information content (AvgIpc) is 2.66. The fraction of sp³-hybridized carbons (Fsp3) is 0.556. The van der Waals surface area contributed by atoms with E-state index in [1.807, 2.05) is 5.92 Å². The van der Waals surface area contributed by atoms with E-state index in [0.29, 0.717) is 0 Å². The van der Waals surface area contributed by atoms with Gasteiger partial charge in [-0.2, -0.15) is 0 Å². The highest BCUT2D eigenvalue weighted by atomic mass is 16.2. The van der Waals surface area contributed by atoms with E-state index in [-0.39, 0.29) is 12.5 Å². The van der Waals surface area contributed by atoms with Crippen molar-refractivity contribution in [3.05, 3.63) is 0 Å². The zero-order valence-corrected chi connectivity index (χ0v) is 7.38. The Morgan fingerprint density at radius 3 is 2.54 bits per heavy atom. The zero-order valence-electron chi connectivity index (χ0n) is 7.38. The van der Waals surface area contributed by atoms with Crippen LogP contribution in [0.25, 0.3) is 0 Å². The van der Waals surface area contributed by atoms with E-state index in [0.717, 1.165) is 25.9 Å². The van der Waals surface area contributed by atoms with Crippen molar-refractivity contribution in [3.63, 3.8) is 0 Å². The first-order valence-electron chi connectivity index (χ1n) is 4.26. The number of rotatable bonds is 2. The van der Waals surface area contributed by atoms with E-state index in [4.69, 9.17) is 6.42 Å². The molecule has 1 aliphatic rings. The van der Waals surface area contributed by atoms with Crippen LogP contribution in [-0.2, 0) is 9.59 Å². The van der Waals surface area contributed by atoms with Crippen LogP contribution in [0.15, 0.2) is 0 Å². The van der Waals surface area contributed by atoms with Crippen LogP contribution in [-0.4, -0.2) is 36.3 Å². The lowest BCUT2D eigenvalue weighted by Gasteiger charge is -2.14. The lowest BCUT2D eigenvalue weighted by Crippen LogP contribution is -2.38. The maximum Gasteiger partial charge on any atom is 0.296 e. The summed E-state index contributed by atoms with van der Waals surface area (Å²) in [4.78, 5) is 23.7. The van der Waals surface area contributed by atoms with Crippen molar-refractivity contribution in [2.24, 2.45) is 0 Å². The topological polar surface area (TPSA) is 49.4 Å². The molecule has 1 rings (SSSR count). The van der Waals surface area contributed by atoms with Gasteiger partial charge in [-0.15, -0.1) is 6.42 Å². The number of hydrogen-bond donors (Lipinski definition) is 1. The quantitative estimate of drug-likeness (QED) is 0.574. The summed E-state index contributed by atoms with van der Waals surface area (Å²) in [7, 11) is 0. The van der Waals surface area contributed by atoms with E-state index in [2.05, 4.69) is 5.32 Å². The molecule has 1 aliphatic heterocycles. The first-order chi connectivity index (χ1) is 6.24. The van der Waals surface area contributed by atoms with Crippen molar-refractivity contribution in [2.45, 2.75) is 12.8 Å². The van der Waals surface area contributed by atoms with Crippen LogP contribution in [0.4, 0.5) is 0 Å². The normalized spacial score (nSPS) is 15.2. The second kappa shape index (κ2) is 4.51. The highest BCUT2D eigenvalue weighted by Crippen LogP contribution is 2.06. The molecule has 0 unspecified atom stereocenters. The Morgan fingerprint density at radius 1 is 1.38 bits per heavy atom. The van der Waals surface area contributed by atoms with Gasteiger partial charge in [0.2, 0.25) is 5.91 Å². The van der Waals surface area contributed by atoms with Crippen molar-refractivity contribution in [1.29, 1.82) is 0 Å². The Kier molecular flexibility index (Phi) is 3.32. The second-order valence-corrected chi connectivity index (χ2v) is 2.91. The van der Waals surface area contributed by atoms with E-state index < -0.39 is 5.91 Å². The average molecular weight is 180 g/mol. The Hall–Kier alpha value is -1.50. The third kappa shape index (κ3) is 2.79. The molecule has 1 fully saturated rings. The molecular weight excluding hydrogens is 168 g/mol. The van der Waals surface area contributed by atoms with Gasteiger partial charge >= 0.3 is 0 Å². The number of nitrogens with zero attached hydrogens (tertiary/aromatic N) is 1.